The fourth-order valence-electron chi connectivity index (χ4n) is 4.22. The number of piperazine rings is 1. The minimum absolute atomic E-state index is 0.0714. The Morgan fingerprint density at radius 1 is 1.21 bits per heavy atom. The van der Waals surface area contributed by atoms with Crippen molar-refractivity contribution >= 4 is 58.5 Å². The molecule has 2 N–H and O–H groups in total. The van der Waals surface area contributed by atoms with Gasteiger partial charge in [0.25, 0.3) is 0 Å². The number of likely N-dealkylation sites (N-methyl/N-ethyl adjacent to an activating group) is 1. The third-order valence-electron chi connectivity index (χ3n) is 6.11. The fraction of sp³-hybridized carbons (Fsp3) is 0.455. The maximum atomic E-state index is 12.9. The first-order valence-electron chi connectivity index (χ1n) is 10.9. The standard InChI is InChI=1S/C22H26Cl3N7O2/c1-12-10-31(6-7-32(12)20(33)18-11-30(3)22(34)28-18)21-26-9-17(25)19(29-21)27-13(2)15-5-4-14(23)8-16(15)24/h4-5,8-9,12-13,18H,6-7,10-11H2,1-3H3,(H,28,34)(H,26,27,29)/t12-,13-,18-/m1/s1. The van der Waals surface area contributed by atoms with Crippen molar-refractivity contribution in [2.24, 2.45) is 0 Å². The van der Waals surface area contributed by atoms with Crippen molar-refractivity contribution in [1.82, 2.24) is 25.1 Å². The number of hydrogen-bond acceptors (Lipinski definition) is 6. The second kappa shape index (κ2) is 10.0. The molecule has 0 spiro atoms. The summed E-state index contributed by atoms with van der Waals surface area (Å²) in [7, 11) is 1.68. The van der Waals surface area contributed by atoms with Crippen LogP contribution in [-0.2, 0) is 4.79 Å². The number of benzene rings is 1. The molecular formula is C22H26Cl3N7O2. The van der Waals surface area contributed by atoms with Crippen LogP contribution in [-0.4, -0.2) is 77.0 Å². The lowest BCUT2D eigenvalue weighted by Gasteiger charge is -2.40. The van der Waals surface area contributed by atoms with E-state index in [9.17, 15) is 9.59 Å². The minimum Gasteiger partial charge on any atom is -0.362 e. The van der Waals surface area contributed by atoms with E-state index in [1.165, 1.54) is 4.90 Å². The van der Waals surface area contributed by atoms with Gasteiger partial charge >= 0.3 is 6.03 Å². The molecule has 1 aromatic heterocycles. The van der Waals surface area contributed by atoms with Crippen molar-refractivity contribution < 1.29 is 9.59 Å². The number of nitrogens with one attached hydrogen (secondary N) is 2. The van der Waals surface area contributed by atoms with Gasteiger partial charge in [-0.15, -0.1) is 0 Å². The van der Waals surface area contributed by atoms with Crippen molar-refractivity contribution in [2.45, 2.75) is 32.0 Å². The molecular weight excluding hydrogens is 501 g/mol. The Morgan fingerprint density at radius 3 is 2.62 bits per heavy atom. The van der Waals surface area contributed by atoms with E-state index in [1.54, 1.807) is 30.3 Å². The molecule has 4 rings (SSSR count). The monoisotopic (exact) mass is 525 g/mol. The van der Waals surface area contributed by atoms with Crippen molar-refractivity contribution in [3.63, 3.8) is 0 Å². The van der Waals surface area contributed by atoms with E-state index >= 15 is 0 Å². The number of carbonyl (C=O) groups excluding carboxylic acids is 2. The molecule has 2 fully saturated rings. The Kier molecular flexibility index (Phi) is 7.25. The summed E-state index contributed by atoms with van der Waals surface area (Å²) in [5.74, 6) is 0.945. The molecule has 3 amide bonds. The molecule has 0 aliphatic carbocycles. The van der Waals surface area contributed by atoms with Gasteiger partial charge in [-0.25, -0.2) is 9.78 Å². The van der Waals surface area contributed by atoms with E-state index < -0.39 is 6.04 Å². The number of nitrogens with zero attached hydrogens (tertiary/aromatic N) is 5. The first-order chi connectivity index (χ1) is 16.1. The molecule has 1 aromatic carbocycles. The predicted molar refractivity (Wildman–Crippen MR) is 134 cm³/mol. The van der Waals surface area contributed by atoms with E-state index in [-0.39, 0.29) is 24.0 Å². The largest absolute Gasteiger partial charge is 0.362 e. The number of carbonyl (C=O) groups is 2. The molecule has 2 aliphatic heterocycles. The molecule has 0 saturated carbocycles. The summed E-state index contributed by atoms with van der Waals surface area (Å²) in [6, 6.07) is 4.35. The van der Waals surface area contributed by atoms with E-state index in [2.05, 4.69) is 20.6 Å². The van der Waals surface area contributed by atoms with E-state index in [0.29, 0.717) is 53.0 Å². The average Bonchev–Trinajstić information content (AvgIpc) is 3.13. The maximum absolute atomic E-state index is 12.9. The highest BCUT2D eigenvalue weighted by atomic mass is 35.5. The molecule has 3 heterocycles. The number of aromatic nitrogens is 2. The fourth-order valence-corrected chi connectivity index (χ4v) is 4.93. The zero-order valence-corrected chi connectivity index (χ0v) is 21.3. The molecule has 2 aliphatic rings. The first kappa shape index (κ1) is 24.6. The quantitative estimate of drug-likeness (QED) is 0.617. The summed E-state index contributed by atoms with van der Waals surface area (Å²) in [6.45, 7) is 5.93. The molecule has 0 bridgehead atoms. The zero-order chi connectivity index (χ0) is 24.6. The average molecular weight is 527 g/mol. The van der Waals surface area contributed by atoms with Crippen molar-refractivity contribution in [1.29, 1.82) is 0 Å². The number of rotatable bonds is 5. The summed E-state index contributed by atoms with van der Waals surface area (Å²) < 4.78 is 0. The van der Waals surface area contributed by atoms with Crippen LogP contribution in [0.15, 0.2) is 24.4 Å². The zero-order valence-electron chi connectivity index (χ0n) is 19.1. The minimum atomic E-state index is -0.518. The van der Waals surface area contributed by atoms with Gasteiger partial charge in [0.1, 0.15) is 11.1 Å². The molecule has 2 saturated heterocycles. The number of anilines is 2. The Morgan fingerprint density at radius 2 is 1.97 bits per heavy atom. The van der Waals surface area contributed by atoms with Crippen LogP contribution in [0.25, 0.3) is 0 Å². The lowest BCUT2D eigenvalue weighted by Crippen LogP contribution is -2.58. The smallest absolute Gasteiger partial charge is 0.317 e. The molecule has 0 radical (unpaired) electrons. The summed E-state index contributed by atoms with van der Waals surface area (Å²) in [5.41, 5.74) is 0.868. The van der Waals surface area contributed by atoms with Crippen LogP contribution in [0.4, 0.5) is 16.6 Å². The van der Waals surface area contributed by atoms with Gasteiger partial charge in [-0.2, -0.15) is 4.98 Å². The highest BCUT2D eigenvalue weighted by Gasteiger charge is 2.37. The highest BCUT2D eigenvalue weighted by molar-refractivity contribution is 6.35. The Balaban J connectivity index is 1.44. The number of halogens is 3. The molecule has 0 unspecified atom stereocenters. The van der Waals surface area contributed by atoms with Gasteiger partial charge < -0.3 is 25.3 Å². The number of urea groups is 1. The van der Waals surface area contributed by atoms with Gasteiger partial charge in [-0.05, 0) is 31.5 Å². The van der Waals surface area contributed by atoms with Crippen LogP contribution in [0.2, 0.25) is 15.1 Å². The van der Waals surface area contributed by atoms with Crippen molar-refractivity contribution in [3.8, 4) is 0 Å². The van der Waals surface area contributed by atoms with Gasteiger partial charge in [0, 0.05) is 42.8 Å². The van der Waals surface area contributed by atoms with E-state index in [1.807, 2.05) is 24.8 Å². The molecule has 9 nitrogen and oxygen atoms in total. The van der Waals surface area contributed by atoms with Crippen LogP contribution < -0.4 is 15.5 Å². The topological polar surface area (TPSA) is 93.7 Å². The van der Waals surface area contributed by atoms with E-state index in [0.717, 1.165) is 5.56 Å². The first-order valence-corrected chi connectivity index (χ1v) is 12.1. The van der Waals surface area contributed by atoms with Gasteiger partial charge in [0.2, 0.25) is 11.9 Å². The van der Waals surface area contributed by atoms with Gasteiger partial charge in [-0.1, -0.05) is 40.9 Å². The van der Waals surface area contributed by atoms with E-state index in [4.69, 9.17) is 34.8 Å². The molecule has 3 atom stereocenters. The highest BCUT2D eigenvalue weighted by Crippen LogP contribution is 2.31. The predicted octanol–water partition coefficient (Wildman–Crippen LogP) is 3.67. The lowest BCUT2D eigenvalue weighted by atomic mass is 10.1. The van der Waals surface area contributed by atoms with Gasteiger partial charge in [-0.3, -0.25) is 4.79 Å². The summed E-state index contributed by atoms with van der Waals surface area (Å²) in [4.78, 5) is 39.1. The third kappa shape index (κ3) is 5.11. The number of hydrogen-bond donors (Lipinski definition) is 2. The second-order valence-corrected chi connectivity index (χ2v) is 9.86. The van der Waals surface area contributed by atoms with Crippen LogP contribution >= 0.6 is 34.8 Å². The summed E-state index contributed by atoms with van der Waals surface area (Å²) >= 11 is 18.7. The maximum Gasteiger partial charge on any atom is 0.317 e. The summed E-state index contributed by atoms with van der Waals surface area (Å²) in [5, 5.41) is 7.55. The lowest BCUT2D eigenvalue weighted by molar-refractivity contribution is -0.135. The normalized spacial score (nSPS) is 21.5. The Bertz CT molecular complexity index is 1100. The van der Waals surface area contributed by atoms with Gasteiger partial charge in [0.05, 0.1) is 18.8 Å². The number of amides is 3. The molecule has 2 aromatic rings. The third-order valence-corrected chi connectivity index (χ3v) is 6.94. The van der Waals surface area contributed by atoms with Crippen molar-refractivity contribution in [3.05, 3.63) is 45.0 Å². The van der Waals surface area contributed by atoms with Crippen molar-refractivity contribution in [2.75, 3.05) is 43.4 Å². The van der Waals surface area contributed by atoms with Crippen LogP contribution in [0, 0.1) is 0 Å². The Hall–Kier alpha value is -2.49. The molecule has 12 heteroatoms. The molecule has 34 heavy (non-hydrogen) atoms. The second-order valence-electron chi connectivity index (χ2n) is 8.61. The molecule has 182 valence electrons. The van der Waals surface area contributed by atoms with Gasteiger partial charge in [0.15, 0.2) is 5.82 Å². The summed E-state index contributed by atoms with van der Waals surface area (Å²) in [6.07, 6.45) is 1.56. The van der Waals surface area contributed by atoms with Crippen LogP contribution in [0.3, 0.4) is 0 Å². The van der Waals surface area contributed by atoms with Crippen LogP contribution in [0.1, 0.15) is 25.5 Å². The Labute approximate surface area is 213 Å². The SMILES string of the molecule is C[C@@H]1CN(c2ncc(Cl)c(N[C@H](C)c3ccc(Cl)cc3Cl)n2)CCN1C(=O)[C@H]1CN(C)C(=O)N1. The van der Waals surface area contributed by atoms with Crippen LogP contribution in [0.5, 0.6) is 0 Å².